The molecule has 0 aliphatic carbocycles. The van der Waals surface area contributed by atoms with Crippen molar-refractivity contribution in [3.63, 3.8) is 0 Å². The van der Waals surface area contributed by atoms with E-state index in [4.69, 9.17) is 15.9 Å². The molecule has 0 aromatic rings. The van der Waals surface area contributed by atoms with Crippen LogP contribution in [0.1, 0.15) is 15.7 Å². The second-order valence-corrected chi connectivity index (χ2v) is 1.88. The molecular formula is C5H12IMgNO4. The van der Waals surface area contributed by atoms with E-state index in [1.165, 1.54) is 0 Å². The molecule has 0 aliphatic rings. The standard InChI is InChI=1S/C5H9NO4.HI.Mg.2H/c6-3(5(9)10)1-2-4(7)8;;;;/h3H,1-2,6H2,(H,7,8)(H,9,10);1H;;;/q;;+2;2*-1/t3-;;;;/m0..../s1. The summed E-state index contributed by atoms with van der Waals surface area (Å²) in [5, 5.41) is 16.3. The number of carboxylic acids is 2. The first-order valence-corrected chi connectivity index (χ1v) is 2.74. The van der Waals surface area contributed by atoms with Crippen LogP contribution < -0.4 is 5.73 Å². The van der Waals surface area contributed by atoms with Crippen LogP contribution in [0.4, 0.5) is 0 Å². The average Bonchev–Trinajstić information content (AvgIpc) is 1.82. The van der Waals surface area contributed by atoms with Gasteiger partial charge in [-0.3, -0.25) is 9.59 Å². The van der Waals surface area contributed by atoms with Gasteiger partial charge in [-0.25, -0.2) is 0 Å². The summed E-state index contributed by atoms with van der Waals surface area (Å²) in [5.41, 5.74) is 5.00. The summed E-state index contributed by atoms with van der Waals surface area (Å²) < 4.78 is 0. The number of hydrogen-bond acceptors (Lipinski definition) is 3. The van der Waals surface area contributed by atoms with Crippen LogP contribution >= 0.6 is 24.0 Å². The van der Waals surface area contributed by atoms with Crippen LogP contribution in [0, 0.1) is 0 Å². The molecule has 0 bridgehead atoms. The predicted molar refractivity (Wildman–Crippen MR) is 55.9 cm³/mol. The van der Waals surface area contributed by atoms with Crippen molar-refractivity contribution in [2.45, 2.75) is 18.9 Å². The summed E-state index contributed by atoms with van der Waals surface area (Å²) >= 11 is 0. The molecule has 7 heteroatoms. The molecule has 0 unspecified atom stereocenters. The topological polar surface area (TPSA) is 101 Å². The zero-order valence-corrected chi connectivity index (χ0v) is 10.1. The smallest absolute Gasteiger partial charge is 1.00 e. The molecule has 70 valence electrons. The van der Waals surface area contributed by atoms with Gasteiger partial charge in [0, 0.05) is 6.42 Å². The summed E-state index contributed by atoms with van der Waals surface area (Å²) in [6.45, 7) is 0. The number of hydrogen-bond donors (Lipinski definition) is 3. The SMILES string of the molecule is I.N[C@@H](CCC(=O)O)C(=O)O.[H-].[H-].[Mg+2]. The number of rotatable bonds is 4. The van der Waals surface area contributed by atoms with Gasteiger partial charge in [0.05, 0.1) is 0 Å². The summed E-state index contributed by atoms with van der Waals surface area (Å²) in [6, 6.07) is -1.06. The van der Waals surface area contributed by atoms with E-state index in [-0.39, 0.29) is 62.7 Å². The van der Waals surface area contributed by atoms with Gasteiger partial charge in [0.2, 0.25) is 0 Å². The Morgan fingerprint density at radius 3 is 2.08 bits per heavy atom. The Hall–Kier alpha value is 0.396. The zero-order chi connectivity index (χ0) is 8.15. The fourth-order valence-electron chi connectivity index (χ4n) is 0.402. The van der Waals surface area contributed by atoms with Crippen LogP contribution in [0.3, 0.4) is 0 Å². The zero-order valence-electron chi connectivity index (χ0n) is 8.40. The van der Waals surface area contributed by atoms with Gasteiger partial charge in [0.1, 0.15) is 6.04 Å². The molecule has 4 N–H and O–H groups in total. The molecule has 0 rings (SSSR count). The van der Waals surface area contributed by atoms with Crippen molar-refractivity contribution in [3.8, 4) is 0 Å². The summed E-state index contributed by atoms with van der Waals surface area (Å²) in [4.78, 5) is 19.9. The molecule has 0 saturated carbocycles. The Balaban J connectivity index is -0.0000000675. The first kappa shape index (κ1) is 18.2. The molecular weight excluding hydrogens is 289 g/mol. The van der Waals surface area contributed by atoms with Gasteiger partial charge in [-0.2, -0.15) is 0 Å². The molecule has 0 saturated heterocycles. The number of nitrogens with two attached hydrogens (primary N) is 1. The third-order valence-electron chi connectivity index (χ3n) is 0.986. The van der Waals surface area contributed by atoms with E-state index in [0.29, 0.717) is 0 Å². The van der Waals surface area contributed by atoms with Crippen molar-refractivity contribution in [1.29, 1.82) is 0 Å². The van der Waals surface area contributed by atoms with Gasteiger partial charge < -0.3 is 18.8 Å². The summed E-state index contributed by atoms with van der Waals surface area (Å²) in [5.74, 6) is -2.20. The molecule has 1 atom stereocenters. The van der Waals surface area contributed by atoms with E-state index in [0.717, 1.165) is 0 Å². The van der Waals surface area contributed by atoms with E-state index in [1.807, 2.05) is 0 Å². The van der Waals surface area contributed by atoms with Gasteiger partial charge in [-0.05, 0) is 6.42 Å². The number of carboxylic acid groups (broad SMARTS) is 2. The molecule has 0 radical (unpaired) electrons. The Bertz CT molecular complexity index is 163. The van der Waals surface area contributed by atoms with E-state index in [9.17, 15) is 9.59 Å². The van der Waals surface area contributed by atoms with Crippen molar-refractivity contribution in [2.75, 3.05) is 0 Å². The fraction of sp³-hybridized carbons (Fsp3) is 0.600. The van der Waals surface area contributed by atoms with Crippen molar-refractivity contribution in [3.05, 3.63) is 0 Å². The first-order valence-electron chi connectivity index (χ1n) is 2.74. The number of aliphatic carboxylic acids is 2. The van der Waals surface area contributed by atoms with Crippen molar-refractivity contribution >= 4 is 59.0 Å². The van der Waals surface area contributed by atoms with Crippen molar-refractivity contribution in [1.82, 2.24) is 0 Å². The maximum Gasteiger partial charge on any atom is 2.00 e. The van der Waals surface area contributed by atoms with E-state index >= 15 is 0 Å². The van der Waals surface area contributed by atoms with E-state index < -0.39 is 18.0 Å². The minimum atomic E-state index is -1.17. The van der Waals surface area contributed by atoms with Gasteiger partial charge in [0.15, 0.2) is 0 Å². The molecule has 5 nitrogen and oxygen atoms in total. The van der Waals surface area contributed by atoms with Gasteiger partial charge in [-0.15, -0.1) is 24.0 Å². The van der Waals surface area contributed by atoms with Gasteiger partial charge >= 0.3 is 35.0 Å². The average molecular weight is 301 g/mol. The van der Waals surface area contributed by atoms with Crippen molar-refractivity contribution < 1.29 is 22.7 Å². The minimum absolute atomic E-state index is 0. The maximum atomic E-state index is 9.99. The predicted octanol–water partition coefficient (Wildman–Crippen LogP) is -0.275. The third kappa shape index (κ3) is 10.4. The first-order chi connectivity index (χ1) is 4.54. The van der Waals surface area contributed by atoms with Crippen molar-refractivity contribution in [2.24, 2.45) is 5.73 Å². The van der Waals surface area contributed by atoms with Gasteiger partial charge in [-0.1, -0.05) is 0 Å². The molecule has 0 fully saturated rings. The Kier molecular flexibility index (Phi) is 14.4. The molecule has 12 heavy (non-hydrogen) atoms. The van der Waals surface area contributed by atoms with Gasteiger partial charge in [0.25, 0.3) is 0 Å². The van der Waals surface area contributed by atoms with Crippen LogP contribution in [0.15, 0.2) is 0 Å². The van der Waals surface area contributed by atoms with Crippen LogP contribution in [0.2, 0.25) is 0 Å². The Morgan fingerprint density at radius 1 is 1.42 bits per heavy atom. The van der Waals surface area contributed by atoms with Crippen LogP contribution in [0.25, 0.3) is 0 Å². The van der Waals surface area contributed by atoms with Crippen LogP contribution in [0.5, 0.6) is 0 Å². The second-order valence-electron chi connectivity index (χ2n) is 1.88. The molecule has 0 amide bonds. The normalized spacial score (nSPS) is 10.4. The minimum Gasteiger partial charge on any atom is -1.00 e. The molecule has 0 spiro atoms. The molecule has 0 aromatic heterocycles. The Morgan fingerprint density at radius 2 is 1.83 bits per heavy atom. The summed E-state index contributed by atoms with van der Waals surface area (Å²) in [7, 11) is 0. The molecule has 0 heterocycles. The molecule has 0 aliphatic heterocycles. The van der Waals surface area contributed by atoms with Crippen LogP contribution in [-0.2, 0) is 9.59 Å². The summed E-state index contributed by atoms with van der Waals surface area (Å²) in [6.07, 6.45) is -0.224. The largest absolute Gasteiger partial charge is 2.00 e. The molecule has 0 aromatic carbocycles. The third-order valence-corrected chi connectivity index (χ3v) is 0.986. The Labute approximate surface area is 106 Å². The monoisotopic (exact) mass is 301 g/mol. The number of carbonyl (C=O) groups is 2. The fourth-order valence-corrected chi connectivity index (χ4v) is 0.402. The van der Waals surface area contributed by atoms with E-state index in [1.54, 1.807) is 0 Å². The number of halogens is 1. The quantitative estimate of drug-likeness (QED) is 0.490. The van der Waals surface area contributed by atoms with E-state index in [2.05, 4.69) is 0 Å². The maximum absolute atomic E-state index is 9.99. The van der Waals surface area contributed by atoms with Crippen LogP contribution in [-0.4, -0.2) is 51.2 Å². The second kappa shape index (κ2) is 9.48.